The summed E-state index contributed by atoms with van der Waals surface area (Å²) in [6, 6.07) is 3.67. The smallest absolute Gasteiger partial charge is 0.250 e. The van der Waals surface area contributed by atoms with Crippen molar-refractivity contribution in [2.45, 2.75) is 49.4 Å². The van der Waals surface area contributed by atoms with E-state index in [1.807, 2.05) is 13.1 Å². The summed E-state index contributed by atoms with van der Waals surface area (Å²) in [5, 5.41) is 3.03. The topological polar surface area (TPSA) is 58.2 Å². The molecular formula is C13H22N2O2S2. The number of thiophene rings is 1. The summed E-state index contributed by atoms with van der Waals surface area (Å²) in [6.07, 6.45) is 4.40. The second-order valence-electron chi connectivity index (χ2n) is 5.24. The summed E-state index contributed by atoms with van der Waals surface area (Å²) in [6.45, 7) is 2.84. The van der Waals surface area contributed by atoms with Crippen molar-refractivity contribution in [1.29, 1.82) is 0 Å². The van der Waals surface area contributed by atoms with Gasteiger partial charge in [0.1, 0.15) is 4.21 Å². The van der Waals surface area contributed by atoms with E-state index in [1.165, 1.54) is 17.8 Å². The van der Waals surface area contributed by atoms with E-state index in [1.54, 1.807) is 6.07 Å². The molecule has 1 aliphatic rings. The molecule has 0 aromatic carbocycles. The Kier molecular flexibility index (Phi) is 5.00. The lowest BCUT2D eigenvalue weighted by atomic mass is 9.87. The van der Waals surface area contributed by atoms with Crippen molar-refractivity contribution >= 4 is 21.4 Å². The predicted molar refractivity (Wildman–Crippen MR) is 78.8 cm³/mol. The van der Waals surface area contributed by atoms with Gasteiger partial charge in [-0.3, -0.25) is 0 Å². The summed E-state index contributed by atoms with van der Waals surface area (Å²) in [5.41, 5.74) is 0. The predicted octanol–water partition coefficient (Wildman–Crippen LogP) is 2.32. The zero-order valence-electron chi connectivity index (χ0n) is 11.5. The van der Waals surface area contributed by atoms with Gasteiger partial charge in [0.2, 0.25) is 10.0 Å². The molecule has 2 N–H and O–H groups in total. The molecule has 0 spiro atoms. The lowest BCUT2D eigenvalue weighted by Crippen LogP contribution is -2.40. The van der Waals surface area contributed by atoms with Crippen LogP contribution >= 0.6 is 11.3 Å². The number of sulfonamides is 1. The van der Waals surface area contributed by atoms with Gasteiger partial charge in [-0.1, -0.05) is 19.8 Å². The molecule has 1 heterocycles. The van der Waals surface area contributed by atoms with E-state index in [0.29, 0.717) is 16.7 Å². The maximum Gasteiger partial charge on any atom is 0.250 e. The molecule has 108 valence electrons. The van der Waals surface area contributed by atoms with Gasteiger partial charge in [0.25, 0.3) is 0 Å². The molecular weight excluding hydrogens is 280 g/mol. The maximum absolute atomic E-state index is 12.3. The van der Waals surface area contributed by atoms with Gasteiger partial charge in [-0.2, -0.15) is 0 Å². The molecule has 1 saturated carbocycles. The lowest BCUT2D eigenvalue weighted by molar-refractivity contribution is 0.310. The van der Waals surface area contributed by atoms with Crippen LogP contribution in [-0.4, -0.2) is 21.5 Å². The van der Waals surface area contributed by atoms with Gasteiger partial charge in [-0.15, -0.1) is 11.3 Å². The molecule has 2 rings (SSSR count). The zero-order valence-corrected chi connectivity index (χ0v) is 13.1. The van der Waals surface area contributed by atoms with E-state index in [0.717, 1.165) is 24.1 Å². The van der Waals surface area contributed by atoms with Gasteiger partial charge in [-0.25, -0.2) is 13.1 Å². The van der Waals surface area contributed by atoms with Crippen molar-refractivity contribution in [3.05, 3.63) is 17.0 Å². The fourth-order valence-electron chi connectivity index (χ4n) is 2.52. The Morgan fingerprint density at radius 1 is 1.32 bits per heavy atom. The molecule has 0 aliphatic heterocycles. The van der Waals surface area contributed by atoms with Crippen molar-refractivity contribution in [2.24, 2.45) is 5.92 Å². The summed E-state index contributed by atoms with van der Waals surface area (Å²) in [5.74, 6) is 0.431. The Bertz CT molecular complexity index is 510. The highest BCUT2D eigenvalue weighted by atomic mass is 32.2. The van der Waals surface area contributed by atoms with E-state index in [4.69, 9.17) is 0 Å². The highest BCUT2D eigenvalue weighted by Crippen LogP contribution is 2.27. The summed E-state index contributed by atoms with van der Waals surface area (Å²) in [7, 11) is -1.49. The first-order chi connectivity index (χ1) is 9.03. The minimum absolute atomic E-state index is 0.0913. The Morgan fingerprint density at radius 3 is 2.74 bits per heavy atom. The van der Waals surface area contributed by atoms with E-state index in [2.05, 4.69) is 17.0 Å². The van der Waals surface area contributed by atoms with E-state index < -0.39 is 10.0 Å². The quantitative estimate of drug-likeness (QED) is 0.877. The molecule has 4 nitrogen and oxygen atoms in total. The van der Waals surface area contributed by atoms with Crippen LogP contribution in [0.2, 0.25) is 0 Å². The summed E-state index contributed by atoms with van der Waals surface area (Å²) in [4.78, 5) is 1.04. The lowest BCUT2D eigenvalue weighted by Gasteiger charge is -2.28. The molecule has 1 aliphatic carbocycles. The third-order valence-corrected chi connectivity index (χ3v) is 6.74. The fourth-order valence-corrected chi connectivity index (χ4v) is 5.28. The van der Waals surface area contributed by atoms with Gasteiger partial charge >= 0.3 is 0 Å². The Morgan fingerprint density at radius 2 is 2.05 bits per heavy atom. The minimum Gasteiger partial charge on any atom is -0.315 e. The van der Waals surface area contributed by atoms with Crippen LogP contribution in [0.15, 0.2) is 16.3 Å². The van der Waals surface area contributed by atoms with Crippen LogP contribution in [0.1, 0.15) is 37.5 Å². The number of nitrogens with one attached hydrogen (secondary N) is 2. The van der Waals surface area contributed by atoms with Gasteiger partial charge in [0, 0.05) is 17.5 Å². The van der Waals surface area contributed by atoms with E-state index in [9.17, 15) is 8.42 Å². The van der Waals surface area contributed by atoms with Gasteiger partial charge in [0.15, 0.2) is 0 Å². The van der Waals surface area contributed by atoms with E-state index >= 15 is 0 Å². The Balaban J connectivity index is 2.08. The molecule has 0 radical (unpaired) electrons. The number of hydrogen-bond acceptors (Lipinski definition) is 4. The van der Waals surface area contributed by atoms with Crippen molar-refractivity contribution < 1.29 is 8.42 Å². The molecule has 1 aromatic heterocycles. The van der Waals surface area contributed by atoms with Crippen LogP contribution in [-0.2, 0) is 16.6 Å². The molecule has 0 saturated heterocycles. The SMILES string of the molecule is CNCc1ccc(S(=O)(=O)NC2CCCCC2C)s1. The third kappa shape index (κ3) is 3.78. The highest BCUT2D eigenvalue weighted by molar-refractivity contribution is 7.91. The number of hydrogen-bond donors (Lipinski definition) is 2. The van der Waals surface area contributed by atoms with Gasteiger partial charge in [0.05, 0.1) is 0 Å². The second kappa shape index (κ2) is 6.35. The zero-order chi connectivity index (χ0) is 13.9. The van der Waals surface area contributed by atoms with Crippen LogP contribution in [0.4, 0.5) is 0 Å². The van der Waals surface area contributed by atoms with Crippen molar-refractivity contribution in [3.8, 4) is 0 Å². The first-order valence-electron chi connectivity index (χ1n) is 6.78. The van der Waals surface area contributed by atoms with Crippen molar-refractivity contribution in [2.75, 3.05) is 7.05 Å². The molecule has 2 unspecified atom stereocenters. The Labute approximate surface area is 119 Å². The molecule has 2 atom stereocenters. The van der Waals surface area contributed by atoms with E-state index in [-0.39, 0.29) is 6.04 Å². The van der Waals surface area contributed by atoms with Crippen LogP contribution in [0.3, 0.4) is 0 Å². The largest absolute Gasteiger partial charge is 0.315 e. The molecule has 6 heteroatoms. The molecule has 19 heavy (non-hydrogen) atoms. The average molecular weight is 302 g/mol. The first kappa shape index (κ1) is 15.0. The van der Waals surface area contributed by atoms with Gasteiger partial charge in [-0.05, 0) is 37.9 Å². The summed E-state index contributed by atoms with van der Waals surface area (Å²) < 4.78 is 28.0. The molecule has 0 amide bonds. The first-order valence-corrected chi connectivity index (χ1v) is 9.08. The average Bonchev–Trinajstić information content (AvgIpc) is 2.82. The minimum atomic E-state index is -3.35. The normalized spacial score (nSPS) is 24.5. The third-order valence-electron chi connectivity index (χ3n) is 3.67. The van der Waals surface area contributed by atoms with Gasteiger partial charge < -0.3 is 5.32 Å². The number of rotatable bonds is 5. The fraction of sp³-hybridized carbons (Fsp3) is 0.692. The Hall–Kier alpha value is -0.430. The molecule has 1 fully saturated rings. The summed E-state index contributed by atoms with van der Waals surface area (Å²) >= 11 is 1.34. The highest BCUT2D eigenvalue weighted by Gasteiger charge is 2.27. The van der Waals surface area contributed by atoms with Crippen LogP contribution in [0.25, 0.3) is 0 Å². The second-order valence-corrected chi connectivity index (χ2v) is 8.35. The van der Waals surface area contributed by atoms with Crippen LogP contribution in [0.5, 0.6) is 0 Å². The maximum atomic E-state index is 12.3. The van der Waals surface area contributed by atoms with Crippen LogP contribution < -0.4 is 10.0 Å². The molecule has 0 bridgehead atoms. The van der Waals surface area contributed by atoms with Crippen LogP contribution in [0, 0.1) is 5.92 Å². The molecule has 1 aromatic rings. The standard InChI is InChI=1S/C13H22N2O2S2/c1-10-5-3-4-6-12(10)15-19(16,17)13-8-7-11(18-13)9-14-2/h7-8,10,12,14-15H,3-6,9H2,1-2H3. The monoisotopic (exact) mass is 302 g/mol. The van der Waals surface area contributed by atoms with Crippen molar-refractivity contribution in [1.82, 2.24) is 10.0 Å². The van der Waals surface area contributed by atoms with Crippen molar-refractivity contribution in [3.63, 3.8) is 0 Å².